The van der Waals surface area contributed by atoms with E-state index in [0.29, 0.717) is 6.61 Å². The van der Waals surface area contributed by atoms with Gasteiger partial charge in [0.2, 0.25) is 5.16 Å². The van der Waals surface area contributed by atoms with Crippen molar-refractivity contribution in [2.75, 3.05) is 6.26 Å². The van der Waals surface area contributed by atoms with E-state index in [4.69, 9.17) is 4.74 Å². The molecular formula is C18H18N4OS. The molecule has 1 heterocycles. The first-order chi connectivity index (χ1) is 11.8. The molecule has 0 spiro atoms. The molecule has 0 radical (unpaired) electrons. The van der Waals surface area contributed by atoms with Crippen molar-refractivity contribution in [2.24, 2.45) is 5.10 Å². The van der Waals surface area contributed by atoms with Crippen LogP contribution in [0.3, 0.4) is 0 Å². The Hall–Kier alpha value is -2.60. The molecule has 0 bridgehead atoms. The predicted octanol–water partition coefficient (Wildman–Crippen LogP) is 3.77. The first-order valence-corrected chi connectivity index (χ1v) is 8.76. The fourth-order valence-corrected chi connectivity index (χ4v) is 2.65. The lowest BCUT2D eigenvalue weighted by atomic mass is 10.2. The number of aromatic nitrogens is 3. The zero-order valence-electron chi connectivity index (χ0n) is 13.6. The summed E-state index contributed by atoms with van der Waals surface area (Å²) in [5.41, 5.74) is 2.04. The second-order valence-corrected chi connectivity index (χ2v) is 5.88. The summed E-state index contributed by atoms with van der Waals surface area (Å²) in [7, 11) is 0. The minimum Gasteiger partial charge on any atom is -0.488 e. The fourth-order valence-electron chi connectivity index (χ4n) is 2.17. The van der Waals surface area contributed by atoms with Crippen molar-refractivity contribution < 1.29 is 4.74 Å². The van der Waals surface area contributed by atoms with Crippen molar-refractivity contribution >= 4 is 18.0 Å². The second-order valence-electron chi connectivity index (χ2n) is 5.10. The summed E-state index contributed by atoms with van der Waals surface area (Å²) < 4.78 is 7.66. The van der Waals surface area contributed by atoms with Gasteiger partial charge in [0.05, 0.1) is 6.21 Å². The van der Waals surface area contributed by atoms with Gasteiger partial charge in [-0.3, -0.25) is 0 Å². The van der Waals surface area contributed by atoms with Gasteiger partial charge in [-0.05, 0) is 30.9 Å². The van der Waals surface area contributed by atoms with Gasteiger partial charge in [-0.25, -0.2) is 0 Å². The van der Waals surface area contributed by atoms with E-state index in [2.05, 4.69) is 15.3 Å². The summed E-state index contributed by atoms with van der Waals surface area (Å²) in [5, 5.41) is 13.4. The van der Waals surface area contributed by atoms with E-state index in [0.717, 1.165) is 27.9 Å². The van der Waals surface area contributed by atoms with Crippen LogP contribution in [-0.4, -0.2) is 27.3 Å². The standard InChI is InChI=1S/C18H18N4OS/c1-14-20-21-18(24-2)22(14)19-12-16-10-6-7-11-17(16)23-13-15-8-4-3-5-9-15/h3-12H,13H2,1-2H3/b19-12-. The Balaban J connectivity index is 1.79. The minimum absolute atomic E-state index is 0.521. The van der Waals surface area contributed by atoms with E-state index in [1.807, 2.05) is 67.8 Å². The number of hydrogen-bond donors (Lipinski definition) is 0. The number of ether oxygens (including phenoxy) is 1. The molecule has 0 fully saturated rings. The summed E-state index contributed by atoms with van der Waals surface area (Å²) >= 11 is 1.51. The van der Waals surface area contributed by atoms with Gasteiger partial charge in [-0.2, -0.15) is 9.78 Å². The molecule has 6 heteroatoms. The maximum absolute atomic E-state index is 5.94. The third-order valence-corrected chi connectivity index (χ3v) is 4.04. The number of rotatable bonds is 6. The Bertz CT molecular complexity index is 830. The van der Waals surface area contributed by atoms with Gasteiger partial charge in [0.1, 0.15) is 12.4 Å². The quantitative estimate of drug-likeness (QED) is 0.507. The lowest BCUT2D eigenvalue weighted by Crippen LogP contribution is -2.00. The Morgan fingerprint density at radius 1 is 1.08 bits per heavy atom. The van der Waals surface area contributed by atoms with Crippen molar-refractivity contribution in [1.29, 1.82) is 0 Å². The average molecular weight is 338 g/mol. The minimum atomic E-state index is 0.521. The molecule has 0 saturated heterocycles. The van der Waals surface area contributed by atoms with Gasteiger partial charge in [0.15, 0.2) is 5.82 Å². The summed E-state index contributed by atoms with van der Waals surface area (Å²) in [6.45, 7) is 2.40. The van der Waals surface area contributed by atoms with E-state index in [9.17, 15) is 0 Å². The average Bonchev–Trinajstić information content (AvgIpc) is 2.99. The molecule has 0 unspecified atom stereocenters. The molecule has 5 nitrogen and oxygen atoms in total. The zero-order valence-corrected chi connectivity index (χ0v) is 14.4. The van der Waals surface area contributed by atoms with Crippen LogP contribution in [0.15, 0.2) is 64.9 Å². The van der Waals surface area contributed by atoms with E-state index in [1.165, 1.54) is 11.8 Å². The largest absolute Gasteiger partial charge is 0.488 e. The summed E-state index contributed by atoms with van der Waals surface area (Å²) in [6, 6.07) is 17.9. The van der Waals surface area contributed by atoms with Crippen LogP contribution in [0.4, 0.5) is 0 Å². The van der Waals surface area contributed by atoms with Crippen LogP contribution in [0.5, 0.6) is 5.75 Å². The van der Waals surface area contributed by atoms with Crippen LogP contribution in [0.1, 0.15) is 17.0 Å². The molecule has 0 aliphatic carbocycles. The second kappa shape index (κ2) is 7.79. The molecule has 0 aliphatic rings. The number of hydrogen-bond acceptors (Lipinski definition) is 5. The molecule has 0 N–H and O–H groups in total. The lowest BCUT2D eigenvalue weighted by Gasteiger charge is -2.09. The molecule has 0 saturated carbocycles. The normalized spacial score (nSPS) is 11.1. The van der Waals surface area contributed by atoms with Crippen molar-refractivity contribution in [3.05, 3.63) is 71.5 Å². The number of thioether (sulfide) groups is 1. The van der Waals surface area contributed by atoms with Crippen molar-refractivity contribution in [3.8, 4) is 5.75 Å². The van der Waals surface area contributed by atoms with Gasteiger partial charge in [0.25, 0.3) is 0 Å². The van der Waals surface area contributed by atoms with Crippen LogP contribution in [0, 0.1) is 6.92 Å². The number of benzene rings is 2. The molecule has 3 rings (SSSR count). The van der Waals surface area contributed by atoms with E-state index in [-0.39, 0.29) is 0 Å². The fraction of sp³-hybridized carbons (Fsp3) is 0.167. The third kappa shape index (κ3) is 3.83. The summed E-state index contributed by atoms with van der Waals surface area (Å²) in [6.07, 6.45) is 3.72. The van der Waals surface area contributed by atoms with Crippen LogP contribution in [0.25, 0.3) is 0 Å². The highest BCUT2D eigenvalue weighted by atomic mass is 32.2. The first-order valence-electron chi connectivity index (χ1n) is 7.54. The van der Waals surface area contributed by atoms with Gasteiger partial charge in [0, 0.05) is 5.56 Å². The van der Waals surface area contributed by atoms with E-state index >= 15 is 0 Å². The smallest absolute Gasteiger partial charge is 0.211 e. The Labute approximate surface area is 145 Å². The molecule has 0 amide bonds. The highest BCUT2D eigenvalue weighted by Crippen LogP contribution is 2.18. The third-order valence-electron chi connectivity index (χ3n) is 3.42. The Morgan fingerprint density at radius 3 is 2.62 bits per heavy atom. The van der Waals surface area contributed by atoms with Crippen molar-refractivity contribution in [1.82, 2.24) is 14.9 Å². The van der Waals surface area contributed by atoms with Gasteiger partial charge < -0.3 is 4.74 Å². The Morgan fingerprint density at radius 2 is 1.83 bits per heavy atom. The predicted molar refractivity (Wildman–Crippen MR) is 96.7 cm³/mol. The van der Waals surface area contributed by atoms with Crippen LogP contribution in [-0.2, 0) is 6.61 Å². The molecule has 3 aromatic rings. The molecule has 0 aliphatic heterocycles. The summed E-state index contributed by atoms with van der Waals surface area (Å²) in [4.78, 5) is 0. The highest BCUT2D eigenvalue weighted by molar-refractivity contribution is 7.98. The van der Waals surface area contributed by atoms with Gasteiger partial charge in [-0.15, -0.1) is 10.2 Å². The molecule has 24 heavy (non-hydrogen) atoms. The molecule has 2 aromatic carbocycles. The molecule has 1 aromatic heterocycles. The van der Waals surface area contributed by atoms with Gasteiger partial charge >= 0.3 is 0 Å². The summed E-state index contributed by atoms with van der Waals surface area (Å²) in [5.74, 6) is 1.54. The van der Waals surface area contributed by atoms with Crippen molar-refractivity contribution in [3.63, 3.8) is 0 Å². The molecular weight excluding hydrogens is 320 g/mol. The van der Waals surface area contributed by atoms with Crippen LogP contribution in [0.2, 0.25) is 0 Å². The van der Waals surface area contributed by atoms with E-state index in [1.54, 1.807) is 10.9 Å². The number of nitrogens with zero attached hydrogens (tertiary/aromatic N) is 4. The first kappa shape index (κ1) is 16.3. The van der Waals surface area contributed by atoms with Crippen molar-refractivity contribution in [2.45, 2.75) is 18.7 Å². The monoisotopic (exact) mass is 338 g/mol. The van der Waals surface area contributed by atoms with E-state index < -0.39 is 0 Å². The zero-order chi connectivity index (χ0) is 16.8. The van der Waals surface area contributed by atoms with Crippen LogP contribution >= 0.6 is 11.8 Å². The maximum atomic E-state index is 5.94. The number of para-hydroxylation sites is 1. The maximum Gasteiger partial charge on any atom is 0.211 e. The molecule has 122 valence electrons. The topological polar surface area (TPSA) is 52.3 Å². The highest BCUT2D eigenvalue weighted by Gasteiger charge is 2.06. The number of aryl methyl sites for hydroxylation is 1. The van der Waals surface area contributed by atoms with Gasteiger partial charge in [-0.1, -0.05) is 54.2 Å². The van der Waals surface area contributed by atoms with Crippen LogP contribution < -0.4 is 4.74 Å². The molecule has 0 atom stereocenters. The lowest BCUT2D eigenvalue weighted by molar-refractivity contribution is 0.306. The Kier molecular flexibility index (Phi) is 5.28. The SMILES string of the molecule is CSc1nnc(C)n1/N=C\c1ccccc1OCc1ccccc1.